The highest BCUT2D eigenvalue weighted by atomic mass is 32.2. The summed E-state index contributed by atoms with van der Waals surface area (Å²) in [6.45, 7) is 1.51. The number of carboxylic acid groups (broad SMARTS) is 1. The van der Waals surface area contributed by atoms with Gasteiger partial charge in [0, 0.05) is 16.8 Å². The Balaban J connectivity index is 2.15. The molecular weight excluding hydrogens is 212 g/mol. The van der Waals surface area contributed by atoms with Crippen LogP contribution in [0.3, 0.4) is 0 Å². The van der Waals surface area contributed by atoms with Crippen molar-refractivity contribution in [2.75, 3.05) is 13.2 Å². The molecule has 1 saturated heterocycles. The zero-order chi connectivity index (χ0) is 10.7. The molecule has 1 unspecified atom stereocenters. The molecule has 0 saturated carbocycles. The average Bonchev–Trinajstić information content (AvgIpc) is 2.71. The van der Waals surface area contributed by atoms with Crippen LogP contribution in [0.15, 0.2) is 29.2 Å². The number of carboxylic acids is 1. The fraction of sp³-hybridized carbons (Fsp3) is 0.364. The number of aromatic carboxylic acids is 1. The highest BCUT2D eigenvalue weighted by molar-refractivity contribution is 8.00. The molecule has 1 heterocycles. The van der Waals surface area contributed by atoms with Gasteiger partial charge in [0.05, 0.1) is 12.2 Å². The topological polar surface area (TPSA) is 46.5 Å². The zero-order valence-electron chi connectivity index (χ0n) is 8.18. The van der Waals surface area contributed by atoms with Gasteiger partial charge in [-0.2, -0.15) is 0 Å². The van der Waals surface area contributed by atoms with Gasteiger partial charge >= 0.3 is 5.97 Å². The van der Waals surface area contributed by atoms with E-state index in [4.69, 9.17) is 9.84 Å². The zero-order valence-corrected chi connectivity index (χ0v) is 9.00. The number of rotatable bonds is 3. The lowest BCUT2D eigenvalue weighted by Crippen LogP contribution is -2.04. The summed E-state index contributed by atoms with van der Waals surface area (Å²) in [6.07, 6.45) is 0.999. The van der Waals surface area contributed by atoms with Gasteiger partial charge in [-0.1, -0.05) is 12.1 Å². The second kappa shape index (κ2) is 4.68. The van der Waals surface area contributed by atoms with Crippen LogP contribution in [0.1, 0.15) is 16.8 Å². The first kappa shape index (κ1) is 10.5. The molecule has 1 aromatic carbocycles. The molecule has 0 bridgehead atoms. The molecule has 1 atom stereocenters. The quantitative estimate of drug-likeness (QED) is 0.855. The van der Waals surface area contributed by atoms with Crippen molar-refractivity contribution in [2.45, 2.75) is 16.6 Å². The first-order valence-corrected chi connectivity index (χ1v) is 5.72. The van der Waals surface area contributed by atoms with Gasteiger partial charge in [0.2, 0.25) is 0 Å². The van der Waals surface area contributed by atoms with Crippen molar-refractivity contribution in [3.05, 3.63) is 29.8 Å². The van der Waals surface area contributed by atoms with Gasteiger partial charge in [0.15, 0.2) is 0 Å². The summed E-state index contributed by atoms with van der Waals surface area (Å²) in [5.74, 6) is -0.864. The number of carbonyl (C=O) groups is 1. The summed E-state index contributed by atoms with van der Waals surface area (Å²) < 4.78 is 5.26. The lowest BCUT2D eigenvalue weighted by Gasteiger charge is -2.09. The van der Waals surface area contributed by atoms with Gasteiger partial charge in [-0.3, -0.25) is 0 Å². The Morgan fingerprint density at radius 1 is 1.47 bits per heavy atom. The molecule has 15 heavy (non-hydrogen) atoms. The SMILES string of the molecule is O=C(O)c1ccccc1SC1CCOC1. The molecule has 80 valence electrons. The first-order valence-electron chi connectivity index (χ1n) is 4.84. The lowest BCUT2D eigenvalue weighted by molar-refractivity contribution is 0.0693. The van der Waals surface area contributed by atoms with E-state index in [0.717, 1.165) is 24.5 Å². The molecule has 0 amide bonds. The molecule has 1 aromatic rings. The minimum atomic E-state index is -0.864. The molecule has 1 aliphatic heterocycles. The molecule has 1 aliphatic rings. The maximum absolute atomic E-state index is 11.0. The van der Waals surface area contributed by atoms with E-state index in [2.05, 4.69) is 0 Å². The summed E-state index contributed by atoms with van der Waals surface area (Å²) in [6, 6.07) is 7.11. The van der Waals surface area contributed by atoms with Crippen LogP contribution in [-0.4, -0.2) is 29.5 Å². The van der Waals surface area contributed by atoms with E-state index in [-0.39, 0.29) is 0 Å². The first-order chi connectivity index (χ1) is 7.27. The maximum atomic E-state index is 11.0. The molecule has 4 heteroatoms. The third-order valence-electron chi connectivity index (χ3n) is 2.30. The average molecular weight is 224 g/mol. The Hall–Kier alpha value is -1.00. The predicted molar refractivity (Wildman–Crippen MR) is 58.5 cm³/mol. The third-order valence-corrected chi connectivity index (χ3v) is 3.61. The third kappa shape index (κ3) is 2.52. The minimum Gasteiger partial charge on any atom is -0.478 e. The second-order valence-electron chi connectivity index (χ2n) is 3.40. The molecule has 3 nitrogen and oxygen atoms in total. The number of thioether (sulfide) groups is 1. The predicted octanol–water partition coefficient (Wildman–Crippen LogP) is 2.27. The van der Waals surface area contributed by atoms with Crippen molar-refractivity contribution in [2.24, 2.45) is 0 Å². The summed E-state index contributed by atoms with van der Waals surface area (Å²) in [7, 11) is 0. The van der Waals surface area contributed by atoms with Crippen LogP contribution < -0.4 is 0 Å². The fourth-order valence-corrected chi connectivity index (χ4v) is 2.71. The van der Waals surface area contributed by atoms with Gasteiger partial charge in [-0.15, -0.1) is 11.8 Å². The molecule has 1 N–H and O–H groups in total. The Bertz CT molecular complexity index is 359. The van der Waals surface area contributed by atoms with E-state index in [0.29, 0.717) is 10.8 Å². The van der Waals surface area contributed by atoms with Crippen LogP contribution in [0.5, 0.6) is 0 Å². The summed E-state index contributed by atoms with van der Waals surface area (Å²) in [5.41, 5.74) is 0.384. The molecule has 0 spiro atoms. The number of benzene rings is 1. The van der Waals surface area contributed by atoms with Crippen molar-refractivity contribution in [1.29, 1.82) is 0 Å². The summed E-state index contributed by atoms with van der Waals surface area (Å²) in [4.78, 5) is 11.8. The Kier molecular flexibility index (Phi) is 3.28. The largest absolute Gasteiger partial charge is 0.478 e. The van der Waals surface area contributed by atoms with E-state index in [1.807, 2.05) is 12.1 Å². The Morgan fingerprint density at radius 3 is 2.93 bits per heavy atom. The Morgan fingerprint density at radius 2 is 2.27 bits per heavy atom. The normalized spacial score (nSPS) is 20.4. The highest BCUT2D eigenvalue weighted by Crippen LogP contribution is 2.30. The van der Waals surface area contributed by atoms with Gasteiger partial charge in [-0.25, -0.2) is 4.79 Å². The van der Waals surface area contributed by atoms with Crippen LogP contribution in [-0.2, 0) is 4.74 Å². The number of hydrogen-bond donors (Lipinski definition) is 1. The van der Waals surface area contributed by atoms with E-state index in [1.54, 1.807) is 23.9 Å². The molecule has 0 radical (unpaired) electrons. The summed E-state index contributed by atoms with van der Waals surface area (Å²) >= 11 is 1.60. The summed E-state index contributed by atoms with van der Waals surface area (Å²) in [5, 5.41) is 9.39. The molecular formula is C11H12O3S. The molecule has 2 rings (SSSR count). The second-order valence-corrected chi connectivity index (χ2v) is 4.75. The van der Waals surface area contributed by atoms with Gasteiger partial charge in [0.1, 0.15) is 0 Å². The smallest absolute Gasteiger partial charge is 0.336 e. The van der Waals surface area contributed by atoms with Crippen LogP contribution in [0.2, 0.25) is 0 Å². The van der Waals surface area contributed by atoms with Crippen LogP contribution in [0.4, 0.5) is 0 Å². The van der Waals surface area contributed by atoms with Crippen LogP contribution in [0, 0.1) is 0 Å². The lowest BCUT2D eigenvalue weighted by atomic mass is 10.2. The standard InChI is InChI=1S/C11H12O3S/c12-11(13)9-3-1-2-4-10(9)15-8-5-6-14-7-8/h1-4,8H,5-7H2,(H,12,13). The van der Waals surface area contributed by atoms with E-state index in [1.165, 1.54) is 0 Å². The molecule has 0 aliphatic carbocycles. The maximum Gasteiger partial charge on any atom is 0.336 e. The Labute approximate surface area is 92.4 Å². The van der Waals surface area contributed by atoms with E-state index >= 15 is 0 Å². The fourth-order valence-electron chi connectivity index (χ4n) is 1.53. The van der Waals surface area contributed by atoms with Crippen molar-refractivity contribution < 1.29 is 14.6 Å². The number of hydrogen-bond acceptors (Lipinski definition) is 3. The van der Waals surface area contributed by atoms with Crippen molar-refractivity contribution in [3.63, 3.8) is 0 Å². The van der Waals surface area contributed by atoms with Crippen LogP contribution >= 0.6 is 11.8 Å². The van der Waals surface area contributed by atoms with Crippen molar-refractivity contribution >= 4 is 17.7 Å². The van der Waals surface area contributed by atoms with Gasteiger partial charge in [-0.05, 0) is 18.6 Å². The minimum absolute atomic E-state index is 0.384. The van der Waals surface area contributed by atoms with Gasteiger partial charge < -0.3 is 9.84 Å². The van der Waals surface area contributed by atoms with Crippen molar-refractivity contribution in [1.82, 2.24) is 0 Å². The van der Waals surface area contributed by atoms with Crippen LogP contribution in [0.25, 0.3) is 0 Å². The van der Waals surface area contributed by atoms with Crippen molar-refractivity contribution in [3.8, 4) is 0 Å². The van der Waals surface area contributed by atoms with E-state index in [9.17, 15) is 4.79 Å². The monoisotopic (exact) mass is 224 g/mol. The molecule has 0 aromatic heterocycles. The molecule has 1 fully saturated rings. The highest BCUT2D eigenvalue weighted by Gasteiger charge is 2.19. The van der Waals surface area contributed by atoms with E-state index < -0.39 is 5.97 Å². The van der Waals surface area contributed by atoms with Gasteiger partial charge in [0.25, 0.3) is 0 Å². The number of ether oxygens (including phenoxy) is 1.